The van der Waals surface area contributed by atoms with Crippen LogP contribution in [0.15, 0.2) is 0 Å². The summed E-state index contributed by atoms with van der Waals surface area (Å²) in [5, 5.41) is 2.30. The van der Waals surface area contributed by atoms with E-state index in [4.69, 9.17) is 0 Å². The number of amides is 1. The molecule has 12 heavy (non-hydrogen) atoms. The Labute approximate surface area is 67.5 Å². The van der Waals surface area contributed by atoms with Gasteiger partial charge in [0.1, 0.15) is 6.04 Å². The highest BCUT2D eigenvalue weighted by Crippen LogP contribution is 2.21. The lowest BCUT2D eigenvalue weighted by molar-refractivity contribution is -0.165. The molecule has 0 aromatic rings. The molecular weight excluding hydrogens is 173 g/mol. The van der Waals surface area contributed by atoms with E-state index >= 15 is 0 Å². The summed E-state index contributed by atoms with van der Waals surface area (Å²) < 4.78 is 36.1. The van der Waals surface area contributed by atoms with Gasteiger partial charge >= 0.3 is 6.18 Å². The van der Waals surface area contributed by atoms with Crippen LogP contribution in [0.4, 0.5) is 13.2 Å². The first-order valence-corrected chi connectivity index (χ1v) is 3.53. The number of rotatable bonds is 1. The van der Waals surface area contributed by atoms with Crippen molar-refractivity contribution < 1.29 is 18.0 Å². The minimum absolute atomic E-state index is 0.197. The highest BCUT2D eigenvalue weighted by molar-refractivity contribution is 5.47. The molecule has 0 unspecified atom stereocenters. The Hall–Kier alpha value is -0.780. The average Bonchev–Trinajstić information content (AvgIpc) is 2.03. The predicted molar refractivity (Wildman–Crippen MR) is 35.5 cm³/mol. The largest absolute Gasteiger partial charge is 0.405 e. The molecular formula is C6H9F3N2O. The van der Waals surface area contributed by atoms with E-state index < -0.39 is 12.2 Å². The highest BCUT2D eigenvalue weighted by atomic mass is 19.4. The number of carbonyl (C=O) groups excluding carboxylic acids is 1. The lowest BCUT2D eigenvalue weighted by Crippen LogP contribution is -2.56. The van der Waals surface area contributed by atoms with Crippen LogP contribution in [0.2, 0.25) is 0 Å². The summed E-state index contributed by atoms with van der Waals surface area (Å²) in [6, 6.07) is -1.57. The minimum atomic E-state index is -4.26. The molecule has 1 rings (SSSR count). The van der Waals surface area contributed by atoms with Gasteiger partial charge in [0.2, 0.25) is 6.41 Å². The first kappa shape index (κ1) is 9.31. The number of carbonyl (C=O) groups is 1. The summed E-state index contributed by atoms with van der Waals surface area (Å²) >= 11 is 0. The van der Waals surface area contributed by atoms with Gasteiger partial charge in [-0.2, -0.15) is 13.2 Å². The van der Waals surface area contributed by atoms with Crippen LogP contribution >= 0.6 is 0 Å². The monoisotopic (exact) mass is 182 g/mol. The third-order valence-electron chi connectivity index (χ3n) is 1.75. The molecule has 6 heteroatoms. The van der Waals surface area contributed by atoms with E-state index in [1.54, 1.807) is 0 Å². The van der Waals surface area contributed by atoms with Gasteiger partial charge < -0.3 is 10.2 Å². The molecule has 1 atom stereocenters. The van der Waals surface area contributed by atoms with Gasteiger partial charge in [-0.1, -0.05) is 0 Å². The maximum Gasteiger partial charge on any atom is 0.405 e. The molecule has 1 aliphatic heterocycles. The topological polar surface area (TPSA) is 32.3 Å². The number of nitrogens with one attached hydrogen (secondary N) is 1. The minimum Gasteiger partial charge on any atom is -0.342 e. The van der Waals surface area contributed by atoms with Crippen molar-refractivity contribution >= 4 is 6.41 Å². The van der Waals surface area contributed by atoms with Gasteiger partial charge in [0.15, 0.2) is 0 Å². The highest BCUT2D eigenvalue weighted by Gasteiger charge is 2.41. The molecule has 0 spiro atoms. The first-order valence-electron chi connectivity index (χ1n) is 3.53. The van der Waals surface area contributed by atoms with Crippen LogP contribution < -0.4 is 5.32 Å². The second-order valence-electron chi connectivity index (χ2n) is 2.65. The normalized spacial score (nSPS) is 25.6. The molecule has 0 aliphatic carbocycles. The predicted octanol–water partition coefficient (Wildman–Crippen LogP) is -0.0211. The smallest absolute Gasteiger partial charge is 0.342 e. The van der Waals surface area contributed by atoms with Crippen molar-refractivity contribution in [2.45, 2.75) is 12.2 Å². The van der Waals surface area contributed by atoms with Gasteiger partial charge in [0.05, 0.1) is 0 Å². The molecule has 0 aromatic carbocycles. The van der Waals surface area contributed by atoms with Gasteiger partial charge in [-0.05, 0) is 0 Å². The van der Waals surface area contributed by atoms with E-state index in [0.29, 0.717) is 13.0 Å². The Morgan fingerprint density at radius 2 is 2.17 bits per heavy atom. The second kappa shape index (κ2) is 3.30. The Balaban J connectivity index is 2.51. The Kier molecular flexibility index (Phi) is 2.56. The van der Waals surface area contributed by atoms with Crippen LogP contribution in [0.1, 0.15) is 0 Å². The molecule has 0 radical (unpaired) electrons. The third kappa shape index (κ3) is 2.10. The van der Waals surface area contributed by atoms with Crippen LogP contribution in [0.3, 0.4) is 0 Å². The molecule has 1 N–H and O–H groups in total. The van der Waals surface area contributed by atoms with Crippen molar-refractivity contribution in [3.63, 3.8) is 0 Å². The third-order valence-corrected chi connectivity index (χ3v) is 1.75. The Morgan fingerprint density at radius 1 is 1.50 bits per heavy atom. The number of halogens is 3. The zero-order valence-electron chi connectivity index (χ0n) is 6.27. The van der Waals surface area contributed by atoms with Gasteiger partial charge in [0, 0.05) is 19.6 Å². The maximum absolute atomic E-state index is 12.0. The van der Waals surface area contributed by atoms with Crippen LogP contribution in [0.25, 0.3) is 0 Å². The number of nitrogens with zero attached hydrogens (tertiary/aromatic N) is 1. The van der Waals surface area contributed by atoms with Crippen LogP contribution in [0, 0.1) is 0 Å². The molecule has 3 nitrogen and oxygen atoms in total. The van der Waals surface area contributed by atoms with Gasteiger partial charge in [0.25, 0.3) is 0 Å². The van der Waals surface area contributed by atoms with Crippen molar-refractivity contribution in [1.29, 1.82) is 0 Å². The molecule has 1 heterocycles. The van der Waals surface area contributed by atoms with Gasteiger partial charge in [-0.3, -0.25) is 4.79 Å². The van der Waals surface area contributed by atoms with E-state index in [2.05, 4.69) is 5.32 Å². The van der Waals surface area contributed by atoms with E-state index in [0.717, 1.165) is 4.90 Å². The molecule has 1 aliphatic rings. The lowest BCUT2D eigenvalue weighted by Gasteiger charge is -2.32. The lowest BCUT2D eigenvalue weighted by atomic mass is 10.2. The number of piperazine rings is 1. The Morgan fingerprint density at radius 3 is 2.67 bits per heavy atom. The molecule has 1 amide bonds. The Bertz CT molecular complexity index is 171. The van der Waals surface area contributed by atoms with Crippen molar-refractivity contribution in [2.24, 2.45) is 0 Å². The molecule has 0 saturated carbocycles. The van der Waals surface area contributed by atoms with E-state index in [1.807, 2.05) is 0 Å². The van der Waals surface area contributed by atoms with E-state index in [1.165, 1.54) is 0 Å². The van der Waals surface area contributed by atoms with Crippen molar-refractivity contribution in [2.75, 3.05) is 19.6 Å². The number of hydrogen-bond acceptors (Lipinski definition) is 2. The molecule has 0 aromatic heterocycles. The zero-order chi connectivity index (χ0) is 9.19. The van der Waals surface area contributed by atoms with Crippen molar-refractivity contribution in [1.82, 2.24) is 10.2 Å². The second-order valence-corrected chi connectivity index (χ2v) is 2.65. The van der Waals surface area contributed by atoms with Gasteiger partial charge in [-0.15, -0.1) is 0 Å². The van der Waals surface area contributed by atoms with Gasteiger partial charge in [-0.25, -0.2) is 0 Å². The van der Waals surface area contributed by atoms with Crippen molar-refractivity contribution in [3.05, 3.63) is 0 Å². The molecule has 1 saturated heterocycles. The van der Waals surface area contributed by atoms with Crippen LogP contribution in [0.5, 0.6) is 0 Å². The average molecular weight is 182 g/mol. The summed E-state index contributed by atoms with van der Waals surface area (Å²) in [7, 11) is 0. The summed E-state index contributed by atoms with van der Waals surface area (Å²) in [5.74, 6) is 0. The number of hydrogen-bond donors (Lipinski definition) is 1. The SMILES string of the molecule is O=CN1CCN[C@@H](C(F)(F)F)C1. The summed E-state index contributed by atoms with van der Waals surface area (Å²) in [4.78, 5) is 11.3. The zero-order valence-corrected chi connectivity index (χ0v) is 6.27. The first-order chi connectivity index (χ1) is 5.54. The summed E-state index contributed by atoms with van der Waals surface area (Å²) in [5.41, 5.74) is 0. The quantitative estimate of drug-likeness (QED) is 0.578. The summed E-state index contributed by atoms with van der Waals surface area (Å²) in [6.07, 6.45) is -3.82. The standard InChI is InChI=1S/C6H9F3N2O/c7-6(8,9)5-3-11(4-12)2-1-10-5/h4-5,10H,1-3H2/t5-/m1/s1. The summed E-state index contributed by atoms with van der Waals surface area (Å²) in [6.45, 7) is 0.256. The fraction of sp³-hybridized carbons (Fsp3) is 0.833. The van der Waals surface area contributed by atoms with E-state index in [-0.39, 0.29) is 13.1 Å². The van der Waals surface area contributed by atoms with Crippen LogP contribution in [-0.2, 0) is 4.79 Å². The molecule has 1 fully saturated rings. The fourth-order valence-corrected chi connectivity index (χ4v) is 1.09. The van der Waals surface area contributed by atoms with Crippen LogP contribution in [-0.4, -0.2) is 43.2 Å². The molecule has 70 valence electrons. The molecule has 0 bridgehead atoms. The van der Waals surface area contributed by atoms with E-state index in [9.17, 15) is 18.0 Å². The fourth-order valence-electron chi connectivity index (χ4n) is 1.09. The number of alkyl halides is 3. The van der Waals surface area contributed by atoms with Crippen molar-refractivity contribution in [3.8, 4) is 0 Å². The maximum atomic E-state index is 12.0.